The van der Waals surface area contributed by atoms with E-state index in [1.165, 1.54) is 6.08 Å². The second-order valence-corrected chi connectivity index (χ2v) is 2.57. The first-order valence-electron chi connectivity index (χ1n) is 3.31. The molecule has 72 valence electrons. The van der Waals surface area contributed by atoms with E-state index in [-0.39, 0.29) is 19.6 Å². The van der Waals surface area contributed by atoms with Gasteiger partial charge in [-0.15, -0.1) is 6.58 Å². The van der Waals surface area contributed by atoms with Crippen molar-refractivity contribution in [2.24, 2.45) is 0 Å². The van der Waals surface area contributed by atoms with Gasteiger partial charge in [-0.05, 0) is 0 Å². The fourth-order valence-corrected chi connectivity index (χ4v) is 0.721. The van der Waals surface area contributed by atoms with Crippen LogP contribution >= 0.6 is 0 Å². The summed E-state index contributed by atoms with van der Waals surface area (Å²) in [4.78, 5) is 0. The smallest absolute Gasteiger partial charge is 0.301 e. The summed E-state index contributed by atoms with van der Waals surface area (Å²) >= 11 is -2.27. The fraction of sp³-hybridized carbons (Fsp3) is 0.667. The average molecular weight is 196 g/mol. The first-order valence-corrected chi connectivity index (χ1v) is 4.34. The van der Waals surface area contributed by atoms with Crippen LogP contribution in [-0.2, 0) is 20.3 Å². The van der Waals surface area contributed by atoms with Gasteiger partial charge < -0.3 is 9.84 Å². The Morgan fingerprint density at radius 1 is 1.67 bits per heavy atom. The third kappa shape index (κ3) is 7.83. The molecule has 12 heavy (non-hydrogen) atoms. The Hall–Kier alpha value is -0.270. The zero-order chi connectivity index (χ0) is 9.40. The lowest BCUT2D eigenvalue weighted by molar-refractivity contribution is -0.0972. The summed E-state index contributed by atoms with van der Waals surface area (Å²) in [5.74, 6) is 0. The van der Waals surface area contributed by atoms with Gasteiger partial charge in [0, 0.05) is 6.42 Å². The number of aliphatic hydroxyl groups excluding tert-OH is 1. The van der Waals surface area contributed by atoms with E-state index in [1.807, 2.05) is 0 Å². The Labute approximate surface area is 73.5 Å². The highest BCUT2D eigenvalue weighted by molar-refractivity contribution is 7.74. The van der Waals surface area contributed by atoms with Gasteiger partial charge in [-0.3, -0.25) is 8.74 Å². The Morgan fingerprint density at radius 2 is 2.33 bits per heavy atom. The van der Waals surface area contributed by atoms with Crippen LogP contribution in [-0.4, -0.2) is 33.4 Å². The standard InChI is InChI=1S/C6H12O5S/c1-2-4-10-6(7)3-5-11-12(8)9/h2,6-7H,1,3-5H2,(H,8,9). The van der Waals surface area contributed by atoms with Crippen LogP contribution in [0.1, 0.15) is 6.42 Å². The van der Waals surface area contributed by atoms with E-state index in [1.54, 1.807) is 0 Å². The van der Waals surface area contributed by atoms with Gasteiger partial charge in [-0.2, -0.15) is 4.21 Å². The molecule has 0 saturated heterocycles. The second-order valence-electron chi connectivity index (χ2n) is 1.90. The predicted octanol–water partition coefficient (Wildman–Crippen LogP) is 0.0508. The minimum absolute atomic E-state index is 0.0264. The van der Waals surface area contributed by atoms with E-state index in [0.717, 1.165) is 0 Å². The van der Waals surface area contributed by atoms with Crippen LogP contribution in [0.2, 0.25) is 0 Å². The third-order valence-electron chi connectivity index (χ3n) is 0.955. The zero-order valence-electron chi connectivity index (χ0n) is 6.51. The first kappa shape index (κ1) is 11.7. The average Bonchev–Trinajstić information content (AvgIpc) is 2.00. The lowest BCUT2D eigenvalue weighted by Gasteiger charge is -2.08. The molecule has 0 saturated carbocycles. The van der Waals surface area contributed by atoms with E-state index in [4.69, 9.17) is 14.4 Å². The summed E-state index contributed by atoms with van der Waals surface area (Å²) in [5.41, 5.74) is 0. The lowest BCUT2D eigenvalue weighted by Crippen LogP contribution is -2.15. The van der Waals surface area contributed by atoms with E-state index in [2.05, 4.69) is 10.8 Å². The summed E-state index contributed by atoms with van der Waals surface area (Å²) in [6.07, 6.45) is 0.667. The van der Waals surface area contributed by atoms with Crippen molar-refractivity contribution in [3.8, 4) is 0 Å². The molecule has 0 fully saturated rings. The van der Waals surface area contributed by atoms with Crippen LogP contribution in [0.4, 0.5) is 0 Å². The molecule has 5 nitrogen and oxygen atoms in total. The van der Waals surface area contributed by atoms with Crippen molar-refractivity contribution < 1.29 is 22.8 Å². The Bertz CT molecular complexity index is 149. The van der Waals surface area contributed by atoms with Crippen molar-refractivity contribution >= 4 is 11.4 Å². The Balaban J connectivity index is 3.24. The number of hydrogen-bond acceptors (Lipinski definition) is 4. The Kier molecular flexibility index (Phi) is 7.22. The van der Waals surface area contributed by atoms with Crippen molar-refractivity contribution in [1.82, 2.24) is 0 Å². The fourth-order valence-electron chi connectivity index (χ4n) is 0.483. The number of aliphatic hydroxyl groups is 1. The van der Waals surface area contributed by atoms with Crippen molar-refractivity contribution in [3.63, 3.8) is 0 Å². The van der Waals surface area contributed by atoms with Gasteiger partial charge in [-0.1, -0.05) is 6.08 Å². The molecular formula is C6H12O5S. The molecule has 2 atom stereocenters. The molecule has 0 radical (unpaired) electrons. The normalized spacial score (nSPS) is 15.5. The van der Waals surface area contributed by atoms with E-state index >= 15 is 0 Å². The molecule has 0 rings (SSSR count). The molecule has 0 spiro atoms. The minimum atomic E-state index is -2.27. The van der Waals surface area contributed by atoms with E-state index in [0.29, 0.717) is 0 Å². The first-order chi connectivity index (χ1) is 5.66. The highest BCUT2D eigenvalue weighted by Gasteiger charge is 2.03. The van der Waals surface area contributed by atoms with Crippen molar-refractivity contribution in [2.75, 3.05) is 13.2 Å². The van der Waals surface area contributed by atoms with Gasteiger partial charge in [-0.25, -0.2) is 0 Å². The second kappa shape index (κ2) is 7.38. The molecule has 2 unspecified atom stereocenters. The number of rotatable bonds is 7. The molecular weight excluding hydrogens is 184 g/mol. The highest BCUT2D eigenvalue weighted by Crippen LogP contribution is 1.95. The molecule has 0 heterocycles. The van der Waals surface area contributed by atoms with Crippen LogP contribution < -0.4 is 0 Å². The maximum Gasteiger partial charge on any atom is 0.301 e. The molecule has 6 heteroatoms. The van der Waals surface area contributed by atoms with Crippen LogP contribution in [0.3, 0.4) is 0 Å². The van der Waals surface area contributed by atoms with Gasteiger partial charge in [0.05, 0.1) is 13.2 Å². The Morgan fingerprint density at radius 3 is 2.83 bits per heavy atom. The number of hydrogen-bond donors (Lipinski definition) is 2. The molecule has 0 aliphatic heterocycles. The summed E-state index contributed by atoms with van der Waals surface area (Å²) in [6.45, 7) is 3.60. The highest BCUT2D eigenvalue weighted by atomic mass is 32.2. The molecule has 0 aromatic heterocycles. The number of ether oxygens (including phenoxy) is 1. The molecule has 0 amide bonds. The monoisotopic (exact) mass is 196 g/mol. The van der Waals surface area contributed by atoms with Crippen LogP contribution in [0, 0.1) is 0 Å². The lowest BCUT2D eigenvalue weighted by atomic mass is 10.4. The van der Waals surface area contributed by atoms with Gasteiger partial charge in [0.1, 0.15) is 0 Å². The maximum atomic E-state index is 9.95. The topological polar surface area (TPSA) is 76.0 Å². The van der Waals surface area contributed by atoms with Crippen LogP contribution in [0.5, 0.6) is 0 Å². The van der Waals surface area contributed by atoms with Gasteiger partial charge in [0.2, 0.25) is 0 Å². The molecule has 0 aromatic carbocycles. The molecule has 0 aromatic rings. The summed E-state index contributed by atoms with van der Waals surface area (Å²) < 4.78 is 27.1. The third-order valence-corrected chi connectivity index (χ3v) is 1.32. The zero-order valence-corrected chi connectivity index (χ0v) is 7.33. The quantitative estimate of drug-likeness (QED) is 0.342. The summed E-state index contributed by atoms with van der Waals surface area (Å²) in [6, 6.07) is 0. The molecule has 0 aliphatic rings. The van der Waals surface area contributed by atoms with Gasteiger partial charge >= 0.3 is 11.4 Å². The van der Waals surface area contributed by atoms with Crippen LogP contribution in [0.25, 0.3) is 0 Å². The predicted molar refractivity (Wildman–Crippen MR) is 43.5 cm³/mol. The van der Waals surface area contributed by atoms with Gasteiger partial charge in [0.15, 0.2) is 6.29 Å². The largest absolute Gasteiger partial charge is 0.368 e. The molecule has 2 N–H and O–H groups in total. The van der Waals surface area contributed by atoms with Crippen molar-refractivity contribution in [1.29, 1.82) is 0 Å². The summed E-state index contributed by atoms with van der Waals surface area (Å²) in [7, 11) is 0. The van der Waals surface area contributed by atoms with Crippen LogP contribution in [0.15, 0.2) is 12.7 Å². The summed E-state index contributed by atoms with van der Waals surface area (Å²) in [5, 5.41) is 8.96. The van der Waals surface area contributed by atoms with Crippen molar-refractivity contribution in [3.05, 3.63) is 12.7 Å². The van der Waals surface area contributed by atoms with E-state index < -0.39 is 17.7 Å². The van der Waals surface area contributed by atoms with Gasteiger partial charge in [0.25, 0.3) is 0 Å². The minimum Gasteiger partial charge on any atom is -0.368 e. The van der Waals surface area contributed by atoms with E-state index in [9.17, 15) is 4.21 Å². The van der Waals surface area contributed by atoms with Crippen molar-refractivity contribution in [2.45, 2.75) is 12.7 Å². The maximum absolute atomic E-state index is 9.95. The molecule has 0 bridgehead atoms. The molecule has 0 aliphatic carbocycles. The SMILES string of the molecule is C=CCOC(O)CCOS(=O)O.